The first kappa shape index (κ1) is 31.7. The molecule has 0 aromatic heterocycles. The normalized spacial score (nSPS) is 13.9. The van der Waals surface area contributed by atoms with Crippen LogP contribution in [-0.2, 0) is 14.2 Å². The fraction of sp³-hybridized carbons (Fsp3) is 0.364. The van der Waals surface area contributed by atoms with E-state index in [1.807, 2.05) is 54.6 Å². The van der Waals surface area contributed by atoms with Gasteiger partial charge in [0.05, 0.1) is 12.2 Å². The van der Waals surface area contributed by atoms with Crippen LogP contribution in [-0.4, -0.2) is 94.1 Å². The zero-order valence-electron chi connectivity index (χ0n) is 25.0. The summed E-state index contributed by atoms with van der Waals surface area (Å²) in [5.74, 6) is -0.470. The molecule has 3 aromatic carbocycles. The maximum absolute atomic E-state index is 13.1. The van der Waals surface area contributed by atoms with Gasteiger partial charge in [-0.15, -0.1) is 0 Å². The predicted molar refractivity (Wildman–Crippen MR) is 165 cm³/mol. The summed E-state index contributed by atoms with van der Waals surface area (Å²) in [6.07, 6.45) is 0.262. The number of anilines is 1. The van der Waals surface area contributed by atoms with E-state index in [1.165, 1.54) is 14.2 Å². The van der Waals surface area contributed by atoms with Crippen LogP contribution in [0, 0.1) is 0 Å². The molecule has 228 valence electrons. The molecular formula is C33H40N4O6. The topological polar surface area (TPSA) is 109 Å². The molecule has 0 radical (unpaired) electrons. The Balaban J connectivity index is 1.20. The van der Waals surface area contributed by atoms with Gasteiger partial charge in [-0.3, -0.25) is 14.9 Å². The summed E-state index contributed by atoms with van der Waals surface area (Å²) in [6.45, 7) is 2.95. The molecule has 1 aliphatic heterocycles. The highest BCUT2D eigenvalue weighted by molar-refractivity contribution is 5.99. The van der Waals surface area contributed by atoms with Gasteiger partial charge >= 0.3 is 6.09 Å². The molecule has 43 heavy (non-hydrogen) atoms. The molecule has 10 heteroatoms. The number of para-hydroxylation sites is 1. The molecule has 2 N–H and O–H groups in total. The van der Waals surface area contributed by atoms with Gasteiger partial charge in [-0.1, -0.05) is 54.6 Å². The molecule has 0 spiro atoms. The zero-order chi connectivity index (χ0) is 30.6. The number of piperidine rings is 1. The first-order chi connectivity index (χ1) is 20.9. The van der Waals surface area contributed by atoms with Gasteiger partial charge in [-0.05, 0) is 42.7 Å². The fourth-order valence-electron chi connectivity index (χ4n) is 4.95. The molecule has 1 saturated heterocycles. The van der Waals surface area contributed by atoms with E-state index < -0.39 is 12.4 Å². The Morgan fingerprint density at radius 2 is 1.58 bits per heavy atom. The van der Waals surface area contributed by atoms with Gasteiger partial charge in [-0.2, -0.15) is 0 Å². The highest BCUT2D eigenvalue weighted by Crippen LogP contribution is 2.28. The van der Waals surface area contributed by atoms with Crippen molar-refractivity contribution in [2.75, 3.05) is 59.3 Å². The standard InChI is InChI=1S/C33H40N4O6/c1-36(32(39)26-13-9-12-25(22-26)31(38)34-23-30(41-2)42-3)20-21-37-18-16-27(17-19-37)43-33(40)35-29-15-8-7-14-28(29)24-10-5-4-6-11-24/h4-15,22,27,30H,16-21,23H2,1-3H3,(H,34,38)(H,35,40). The van der Waals surface area contributed by atoms with E-state index >= 15 is 0 Å². The summed E-state index contributed by atoms with van der Waals surface area (Å²) in [6, 6.07) is 24.2. The number of carbonyl (C=O) groups excluding carboxylic acids is 3. The Labute approximate surface area is 252 Å². The number of nitrogens with one attached hydrogen (secondary N) is 2. The smallest absolute Gasteiger partial charge is 0.411 e. The average Bonchev–Trinajstić information content (AvgIpc) is 3.05. The van der Waals surface area contributed by atoms with Crippen molar-refractivity contribution < 1.29 is 28.6 Å². The summed E-state index contributed by atoms with van der Waals surface area (Å²) in [5, 5.41) is 5.65. The number of likely N-dealkylation sites (tertiary alicyclic amines) is 1. The molecule has 0 saturated carbocycles. The first-order valence-electron chi connectivity index (χ1n) is 14.4. The Morgan fingerprint density at radius 1 is 0.907 bits per heavy atom. The number of amides is 3. The average molecular weight is 589 g/mol. The van der Waals surface area contributed by atoms with Crippen LogP contribution in [0.3, 0.4) is 0 Å². The molecule has 0 unspecified atom stereocenters. The van der Waals surface area contributed by atoms with Crippen LogP contribution in [0.15, 0.2) is 78.9 Å². The van der Waals surface area contributed by atoms with Crippen molar-refractivity contribution >= 4 is 23.6 Å². The Morgan fingerprint density at radius 3 is 2.30 bits per heavy atom. The van der Waals surface area contributed by atoms with E-state index in [0.29, 0.717) is 29.9 Å². The lowest BCUT2D eigenvalue weighted by Crippen LogP contribution is -2.42. The summed E-state index contributed by atoms with van der Waals surface area (Å²) in [4.78, 5) is 42.2. The second kappa shape index (κ2) is 15.8. The van der Waals surface area contributed by atoms with Gasteiger partial charge in [0.1, 0.15) is 6.10 Å². The van der Waals surface area contributed by atoms with Crippen molar-refractivity contribution in [2.45, 2.75) is 25.2 Å². The van der Waals surface area contributed by atoms with E-state index in [2.05, 4.69) is 15.5 Å². The summed E-state index contributed by atoms with van der Waals surface area (Å²) < 4.78 is 15.9. The number of ether oxygens (including phenoxy) is 3. The molecule has 10 nitrogen and oxygen atoms in total. The molecule has 3 aromatic rings. The molecule has 4 rings (SSSR count). The maximum atomic E-state index is 13.1. The van der Waals surface area contributed by atoms with Gasteiger partial charge in [0.25, 0.3) is 11.8 Å². The Kier molecular flexibility index (Phi) is 11.7. The van der Waals surface area contributed by atoms with E-state index in [1.54, 1.807) is 36.2 Å². The number of hydrogen-bond donors (Lipinski definition) is 2. The quantitative estimate of drug-likeness (QED) is 0.300. The molecule has 1 heterocycles. The highest BCUT2D eigenvalue weighted by atomic mass is 16.7. The first-order valence-corrected chi connectivity index (χ1v) is 14.4. The molecule has 1 fully saturated rings. The lowest BCUT2D eigenvalue weighted by atomic mass is 10.0. The lowest BCUT2D eigenvalue weighted by Gasteiger charge is -2.32. The van der Waals surface area contributed by atoms with Crippen molar-refractivity contribution in [1.29, 1.82) is 0 Å². The van der Waals surface area contributed by atoms with E-state index in [9.17, 15) is 14.4 Å². The van der Waals surface area contributed by atoms with Crippen molar-refractivity contribution in [3.63, 3.8) is 0 Å². The van der Waals surface area contributed by atoms with Crippen LogP contribution in [0.1, 0.15) is 33.6 Å². The van der Waals surface area contributed by atoms with Crippen molar-refractivity contribution in [3.8, 4) is 11.1 Å². The monoisotopic (exact) mass is 588 g/mol. The number of hydrogen-bond acceptors (Lipinski definition) is 7. The largest absolute Gasteiger partial charge is 0.446 e. The lowest BCUT2D eigenvalue weighted by molar-refractivity contribution is -0.0974. The third-order valence-corrected chi connectivity index (χ3v) is 7.48. The van der Waals surface area contributed by atoms with Crippen LogP contribution in [0.4, 0.5) is 10.5 Å². The fourth-order valence-corrected chi connectivity index (χ4v) is 4.95. The Hall–Kier alpha value is -4.25. The third-order valence-electron chi connectivity index (χ3n) is 7.48. The molecule has 3 amide bonds. The van der Waals surface area contributed by atoms with E-state index in [0.717, 1.165) is 37.1 Å². The number of benzene rings is 3. The van der Waals surface area contributed by atoms with Gasteiger partial charge in [-0.25, -0.2) is 4.79 Å². The molecule has 0 bridgehead atoms. The van der Waals surface area contributed by atoms with Crippen LogP contribution >= 0.6 is 0 Å². The van der Waals surface area contributed by atoms with Crippen molar-refractivity contribution in [2.24, 2.45) is 0 Å². The molecular weight excluding hydrogens is 548 g/mol. The number of likely N-dealkylation sites (N-methyl/N-ethyl adjacent to an activating group) is 1. The van der Waals surface area contributed by atoms with Crippen molar-refractivity contribution in [1.82, 2.24) is 15.1 Å². The van der Waals surface area contributed by atoms with Crippen LogP contribution in [0.25, 0.3) is 11.1 Å². The SMILES string of the molecule is COC(CNC(=O)c1cccc(C(=O)N(C)CCN2CCC(OC(=O)Nc3ccccc3-c3ccccc3)CC2)c1)OC. The van der Waals surface area contributed by atoms with Crippen LogP contribution in [0.5, 0.6) is 0 Å². The third kappa shape index (κ3) is 9.12. The summed E-state index contributed by atoms with van der Waals surface area (Å²) in [7, 11) is 4.75. The highest BCUT2D eigenvalue weighted by Gasteiger charge is 2.24. The number of carbonyl (C=O) groups is 3. The van der Waals surface area contributed by atoms with E-state index in [-0.39, 0.29) is 24.5 Å². The van der Waals surface area contributed by atoms with Crippen LogP contribution in [0.2, 0.25) is 0 Å². The van der Waals surface area contributed by atoms with Crippen LogP contribution < -0.4 is 10.6 Å². The maximum Gasteiger partial charge on any atom is 0.411 e. The minimum Gasteiger partial charge on any atom is -0.446 e. The van der Waals surface area contributed by atoms with Gasteiger partial charge in [0, 0.05) is 64.1 Å². The molecule has 1 aliphatic rings. The van der Waals surface area contributed by atoms with E-state index in [4.69, 9.17) is 14.2 Å². The van der Waals surface area contributed by atoms with Gasteiger partial charge < -0.3 is 29.3 Å². The Bertz CT molecular complexity index is 1360. The number of nitrogens with zero attached hydrogens (tertiary/aromatic N) is 2. The van der Waals surface area contributed by atoms with Gasteiger partial charge in [0.2, 0.25) is 0 Å². The molecule has 0 aliphatic carbocycles. The second-order valence-corrected chi connectivity index (χ2v) is 10.4. The second-order valence-electron chi connectivity index (χ2n) is 10.4. The summed E-state index contributed by atoms with van der Waals surface area (Å²) in [5.41, 5.74) is 3.50. The van der Waals surface area contributed by atoms with Crippen molar-refractivity contribution in [3.05, 3.63) is 90.0 Å². The molecule has 0 atom stereocenters. The summed E-state index contributed by atoms with van der Waals surface area (Å²) >= 11 is 0. The minimum absolute atomic E-state index is 0.160. The number of rotatable bonds is 12. The number of methoxy groups -OCH3 is 2. The van der Waals surface area contributed by atoms with Gasteiger partial charge in [0.15, 0.2) is 6.29 Å². The zero-order valence-corrected chi connectivity index (χ0v) is 25.0. The minimum atomic E-state index is -0.545. The predicted octanol–water partition coefficient (Wildman–Crippen LogP) is 4.49.